The summed E-state index contributed by atoms with van der Waals surface area (Å²) in [6.45, 7) is 1.30. The van der Waals surface area contributed by atoms with Crippen LogP contribution in [-0.4, -0.2) is 39.8 Å². The first-order chi connectivity index (χ1) is 10.6. The van der Waals surface area contributed by atoms with Gasteiger partial charge in [0.15, 0.2) is 5.17 Å². The minimum Gasteiger partial charge on any atom is -0.384 e. The smallest absolute Gasteiger partial charge is 0.239 e. The van der Waals surface area contributed by atoms with Gasteiger partial charge in [-0.1, -0.05) is 23.4 Å². The number of aromatic nitrogens is 1. The van der Waals surface area contributed by atoms with Crippen LogP contribution in [0.25, 0.3) is 10.9 Å². The normalized spacial score (nSPS) is 14.9. The molecule has 0 spiro atoms. The summed E-state index contributed by atoms with van der Waals surface area (Å²) < 4.78 is 0. The van der Waals surface area contributed by atoms with Crippen molar-refractivity contribution in [2.75, 3.05) is 24.2 Å². The molecule has 1 saturated heterocycles. The van der Waals surface area contributed by atoms with Gasteiger partial charge in [0.05, 0.1) is 11.3 Å². The summed E-state index contributed by atoms with van der Waals surface area (Å²) in [4.78, 5) is 17.4. The second-order valence-corrected chi connectivity index (χ2v) is 6.34. The summed E-state index contributed by atoms with van der Waals surface area (Å²) in [7, 11) is 0. The molecule has 3 rings (SSSR count). The van der Waals surface area contributed by atoms with Crippen LogP contribution in [0.4, 0.5) is 5.69 Å². The molecule has 114 valence electrons. The van der Waals surface area contributed by atoms with Crippen molar-refractivity contribution in [3.8, 4) is 0 Å². The first-order valence-electron chi connectivity index (χ1n) is 6.95. The Morgan fingerprint density at radius 2 is 2.27 bits per heavy atom. The monoisotopic (exact) mass is 334 g/mol. The van der Waals surface area contributed by atoms with Gasteiger partial charge < -0.3 is 5.32 Å². The fraction of sp³-hybridized carbons (Fsp3) is 0.267. The molecule has 0 saturated carbocycles. The Labute approximate surface area is 137 Å². The number of anilines is 1. The van der Waals surface area contributed by atoms with Gasteiger partial charge in [0.2, 0.25) is 5.91 Å². The Morgan fingerprint density at radius 3 is 3.05 bits per heavy atom. The fourth-order valence-corrected chi connectivity index (χ4v) is 3.29. The van der Waals surface area contributed by atoms with Gasteiger partial charge in [0, 0.05) is 35.4 Å². The molecule has 0 radical (unpaired) electrons. The minimum absolute atomic E-state index is 0.0269. The molecule has 1 aromatic heterocycles. The fourth-order valence-electron chi connectivity index (χ4n) is 2.36. The number of benzene rings is 1. The Kier molecular flexibility index (Phi) is 4.49. The summed E-state index contributed by atoms with van der Waals surface area (Å²) in [5.74, 6) is 0.418. The summed E-state index contributed by atoms with van der Waals surface area (Å²) in [5.41, 5.74) is 1.85. The van der Waals surface area contributed by atoms with Crippen molar-refractivity contribution in [2.24, 2.45) is 0 Å². The van der Waals surface area contributed by atoms with Crippen LogP contribution in [0, 0.1) is 5.41 Å². The largest absolute Gasteiger partial charge is 0.384 e. The van der Waals surface area contributed by atoms with E-state index in [1.807, 2.05) is 24.3 Å². The number of hydrogen-bond donors (Lipinski definition) is 2. The van der Waals surface area contributed by atoms with Crippen molar-refractivity contribution < 1.29 is 4.79 Å². The number of halogens is 1. The molecule has 1 aliphatic rings. The van der Waals surface area contributed by atoms with Crippen LogP contribution in [0.15, 0.2) is 30.5 Å². The van der Waals surface area contributed by atoms with Gasteiger partial charge in [0.1, 0.15) is 0 Å². The zero-order chi connectivity index (χ0) is 15.5. The van der Waals surface area contributed by atoms with E-state index in [1.165, 1.54) is 16.7 Å². The molecule has 2 aromatic rings. The second-order valence-electron chi connectivity index (χ2n) is 4.94. The van der Waals surface area contributed by atoms with Crippen molar-refractivity contribution in [1.82, 2.24) is 9.88 Å². The number of hydrogen-bond acceptors (Lipinski definition) is 5. The van der Waals surface area contributed by atoms with E-state index < -0.39 is 0 Å². The van der Waals surface area contributed by atoms with Crippen molar-refractivity contribution in [3.63, 3.8) is 0 Å². The van der Waals surface area contributed by atoms with Crippen LogP contribution >= 0.6 is 23.4 Å². The first-order valence-corrected chi connectivity index (χ1v) is 8.31. The van der Waals surface area contributed by atoms with Crippen LogP contribution in [0.1, 0.15) is 6.42 Å². The molecular weight excluding hydrogens is 320 g/mol. The highest BCUT2D eigenvalue weighted by Gasteiger charge is 2.25. The first kappa shape index (κ1) is 15.1. The lowest BCUT2D eigenvalue weighted by atomic mass is 10.2. The molecule has 2 N–H and O–H groups in total. The summed E-state index contributed by atoms with van der Waals surface area (Å²) in [6.07, 6.45) is 2.53. The lowest BCUT2D eigenvalue weighted by Crippen LogP contribution is -2.31. The summed E-state index contributed by atoms with van der Waals surface area (Å²) >= 11 is 7.27. The second kappa shape index (κ2) is 6.54. The third-order valence-electron chi connectivity index (χ3n) is 3.46. The van der Waals surface area contributed by atoms with E-state index in [0.717, 1.165) is 29.6 Å². The van der Waals surface area contributed by atoms with E-state index in [-0.39, 0.29) is 5.91 Å². The third kappa shape index (κ3) is 3.18. The molecular formula is C15H15ClN4OS. The maximum Gasteiger partial charge on any atom is 0.239 e. The number of nitrogens with zero attached hydrogens (tertiary/aromatic N) is 2. The van der Waals surface area contributed by atoms with Gasteiger partial charge in [-0.25, -0.2) is 0 Å². The highest BCUT2D eigenvalue weighted by molar-refractivity contribution is 8.14. The van der Waals surface area contributed by atoms with Gasteiger partial charge in [-0.15, -0.1) is 0 Å². The van der Waals surface area contributed by atoms with Gasteiger partial charge in [-0.2, -0.15) is 0 Å². The van der Waals surface area contributed by atoms with E-state index in [9.17, 15) is 4.79 Å². The van der Waals surface area contributed by atoms with Crippen LogP contribution in [0.5, 0.6) is 0 Å². The highest BCUT2D eigenvalue weighted by atomic mass is 35.5. The quantitative estimate of drug-likeness (QED) is 0.824. The summed E-state index contributed by atoms with van der Waals surface area (Å²) in [5, 5.41) is 13.1. The Bertz CT molecular complexity index is 721. The topological polar surface area (TPSA) is 69.1 Å². The predicted octanol–water partition coefficient (Wildman–Crippen LogP) is 3.20. The van der Waals surface area contributed by atoms with Crippen molar-refractivity contribution in [1.29, 1.82) is 5.41 Å². The van der Waals surface area contributed by atoms with Gasteiger partial charge in [-0.05, 0) is 30.7 Å². The van der Waals surface area contributed by atoms with E-state index in [0.29, 0.717) is 22.5 Å². The SMILES string of the molecule is N=C1SCC(=O)N1CCCNc1ccnc2cc(Cl)ccc12. The van der Waals surface area contributed by atoms with Gasteiger partial charge >= 0.3 is 0 Å². The Balaban J connectivity index is 1.60. The minimum atomic E-state index is 0.0269. The number of rotatable bonds is 5. The zero-order valence-corrected chi connectivity index (χ0v) is 13.4. The molecule has 0 atom stereocenters. The van der Waals surface area contributed by atoms with Gasteiger partial charge in [0.25, 0.3) is 0 Å². The van der Waals surface area contributed by atoms with Crippen molar-refractivity contribution in [3.05, 3.63) is 35.5 Å². The molecule has 0 unspecified atom stereocenters. The van der Waals surface area contributed by atoms with Crippen LogP contribution < -0.4 is 5.32 Å². The van der Waals surface area contributed by atoms with Crippen LogP contribution in [-0.2, 0) is 4.79 Å². The lowest BCUT2D eigenvalue weighted by molar-refractivity contribution is -0.124. The molecule has 0 aliphatic carbocycles. The molecule has 22 heavy (non-hydrogen) atoms. The van der Waals surface area contributed by atoms with Crippen molar-refractivity contribution >= 4 is 51.0 Å². The average Bonchev–Trinajstić information content (AvgIpc) is 2.82. The maximum atomic E-state index is 11.6. The Hall–Kier alpha value is -1.79. The van der Waals surface area contributed by atoms with E-state index in [4.69, 9.17) is 17.0 Å². The average molecular weight is 335 g/mol. The molecule has 2 heterocycles. The number of pyridine rings is 1. The highest BCUT2D eigenvalue weighted by Crippen LogP contribution is 2.24. The number of thioether (sulfide) groups is 1. The third-order valence-corrected chi connectivity index (χ3v) is 4.58. The molecule has 1 fully saturated rings. The van der Waals surface area contributed by atoms with Gasteiger partial charge in [-0.3, -0.25) is 20.1 Å². The van der Waals surface area contributed by atoms with Crippen LogP contribution in [0.3, 0.4) is 0 Å². The summed E-state index contributed by atoms with van der Waals surface area (Å²) in [6, 6.07) is 7.56. The molecule has 5 nitrogen and oxygen atoms in total. The van der Waals surface area contributed by atoms with E-state index in [1.54, 1.807) is 6.20 Å². The maximum absolute atomic E-state index is 11.6. The number of carbonyl (C=O) groups excluding carboxylic acids is 1. The van der Waals surface area contributed by atoms with E-state index in [2.05, 4.69) is 10.3 Å². The number of nitrogens with one attached hydrogen (secondary N) is 2. The molecule has 1 aromatic carbocycles. The number of carbonyl (C=O) groups is 1. The number of amidine groups is 1. The van der Waals surface area contributed by atoms with Crippen LogP contribution in [0.2, 0.25) is 5.02 Å². The molecule has 7 heteroatoms. The number of fused-ring (bicyclic) bond motifs is 1. The molecule has 1 amide bonds. The lowest BCUT2D eigenvalue weighted by Gasteiger charge is -2.15. The molecule has 1 aliphatic heterocycles. The number of amides is 1. The predicted molar refractivity (Wildman–Crippen MR) is 91.8 cm³/mol. The Morgan fingerprint density at radius 1 is 1.41 bits per heavy atom. The molecule has 0 bridgehead atoms. The van der Waals surface area contributed by atoms with E-state index >= 15 is 0 Å². The van der Waals surface area contributed by atoms with Crippen molar-refractivity contribution in [2.45, 2.75) is 6.42 Å². The standard InChI is InChI=1S/C15H15ClN4OS/c16-10-2-3-11-12(4-6-19-13(11)8-10)18-5-1-7-20-14(21)9-22-15(20)17/h2-4,6,8,17H,1,5,7,9H2,(H,18,19). The zero-order valence-electron chi connectivity index (χ0n) is 11.8.